The molecule has 0 saturated heterocycles. The first-order valence-electron chi connectivity index (χ1n) is 4.95. The van der Waals surface area contributed by atoms with Crippen molar-refractivity contribution in [3.63, 3.8) is 0 Å². The fraction of sp³-hybridized carbons (Fsp3) is 0.167. The first-order valence-corrected chi connectivity index (χ1v) is 5.71. The van der Waals surface area contributed by atoms with E-state index in [2.05, 4.69) is 16.4 Å². The first kappa shape index (κ1) is 12.0. The molecule has 1 heterocycles. The smallest absolute Gasteiger partial charge is 0.103 e. The van der Waals surface area contributed by atoms with Crippen LogP contribution in [0.1, 0.15) is 11.1 Å². The summed E-state index contributed by atoms with van der Waals surface area (Å²) in [5.41, 5.74) is 2.57. The number of nitrogens with one attached hydrogen (secondary N) is 1. The molecule has 0 aliphatic rings. The summed E-state index contributed by atoms with van der Waals surface area (Å²) in [6.07, 6.45) is 1.49. The van der Waals surface area contributed by atoms with Gasteiger partial charge in [-0.15, -0.1) is 0 Å². The highest BCUT2D eigenvalue weighted by molar-refractivity contribution is 6.41. The molecule has 1 N–H and O–H groups in total. The van der Waals surface area contributed by atoms with Gasteiger partial charge in [-0.1, -0.05) is 23.2 Å². The number of aryl methyl sites for hydroxylation is 1. The molecule has 0 spiro atoms. The lowest BCUT2D eigenvalue weighted by atomic mass is 10.1. The molecule has 0 aliphatic carbocycles. The SMILES string of the molecule is CNc1c(C#N)cnc2c(Cl)cc(C)c(Cl)c12. The van der Waals surface area contributed by atoms with Crippen molar-refractivity contribution in [1.82, 2.24) is 4.98 Å². The van der Waals surface area contributed by atoms with Crippen molar-refractivity contribution in [2.24, 2.45) is 0 Å². The lowest BCUT2D eigenvalue weighted by molar-refractivity contribution is 1.34. The van der Waals surface area contributed by atoms with E-state index < -0.39 is 0 Å². The molecular weight excluding hydrogens is 257 g/mol. The summed E-state index contributed by atoms with van der Waals surface area (Å²) in [5.74, 6) is 0. The molecule has 0 fully saturated rings. The van der Waals surface area contributed by atoms with Gasteiger partial charge in [0, 0.05) is 18.6 Å². The molecule has 0 radical (unpaired) electrons. The standard InChI is InChI=1S/C12H9Cl2N3/c1-6-3-8(13)12-9(10(6)14)11(16-2)7(4-15)5-17-12/h3,5H,1-2H3,(H,16,17). The summed E-state index contributed by atoms with van der Waals surface area (Å²) < 4.78 is 0. The Bertz CT molecular complexity index is 644. The predicted molar refractivity (Wildman–Crippen MR) is 70.8 cm³/mol. The Morgan fingerprint density at radius 3 is 2.71 bits per heavy atom. The quantitative estimate of drug-likeness (QED) is 0.854. The predicted octanol–water partition coefficient (Wildman–Crippen LogP) is 3.76. The average Bonchev–Trinajstić information content (AvgIpc) is 2.34. The Balaban J connectivity index is 3.03. The number of benzene rings is 1. The number of nitriles is 1. The van der Waals surface area contributed by atoms with Crippen LogP contribution in [0.25, 0.3) is 10.9 Å². The van der Waals surface area contributed by atoms with Gasteiger partial charge in [0.1, 0.15) is 6.07 Å². The minimum Gasteiger partial charge on any atom is -0.386 e. The van der Waals surface area contributed by atoms with Crippen LogP contribution in [0.5, 0.6) is 0 Å². The summed E-state index contributed by atoms with van der Waals surface area (Å²) in [6.45, 7) is 1.87. The molecule has 0 saturated carbocycles. The molecule has 1 aromatic carbocycles. The van der Waals surface area contributed by atoms with Crippen LogP contribution in [-0.2, 0) is 0 Å². The number of nitrogens with zero attached hydrogens (tertiary/aromatic N) is 2. The molecule has 0 aliphatic heterocycles. The lowest BCUT2D eigenvalue weighted by Gasteiger charge is -2.11. The summed E-state index contributed by atoms with van der Waals surface area (Å²) in [6, 6.07) is 3.85. The van der Waals surface area contributed by atoms with Crippen LogP contribution in [-0.4, -0.2) is 12.0 Å². The van der Waals surface area contributed by atoms with Crippen molar-refractivity contribution in [1.29, 1.82) is 5.26 Å². The Morgan fingerprint density at radius 1 is 1.41 bits per heavy atom. The van der Waals surface area contributed by atoms with Gasteiger partial charge in [0.2, 0.25) is 0 Å². The third-order valence-corrected chi connectivity index (χ3v) is 3.36. The van der Waals surface area contributed by atoms with E-state index in [1.807, 2.05) is 6.92 Å². The number of fused-ring (bicyclic) bond motifs is 1. The normalized spacial score (nSPS) is 10.3. The lowest BCUT2D eigenvalue weighted by Crippen LogP contribution is -1.97. The number of anilines is 1. The van der Waals surface area contributed by atoms with Crippen LogP contribution in [0.2, 0.25) is 10.0 Å². The van der Waals surface area contributed by atoms with Gasteiger partial charge in [0.15, 0.2) is 0 Å². The maximum absolute atomic E-state index is 9.03. The van der Waals surface area contributed by atoms with Gasteiger partial charge in [-0.2, -0.15) is 5.26 Å². The average molecular weight is 266 g/mol. The van der Waals surface area contributed by atoms with Crippen LogP contribution >= 0.6 is 23.2 Å². The zero-order valence-corrected chi connectivity index (χ0v) is 10.8. The van der Waals surface area contributed by atoms with E-state index in [0.29, 0.717) is 32.2 Å². The van der Waals surface area contributed by atoms with E-state index in [-0.39, 0.29) is 0 Å². The number of aromatic nitrogens is 1. The molecule has 2 rings (SSSR count). The Labute approximate surface area is 109 Å². The summed E-state index contributed by atoms with van der Waals surface area (Å²) >= 11 is 12.4. The Hall–Kier alpha value is -1.50. The van der Waals surface area contributed by atoms with Gasteiger partial charge >= 0.3 is 0 Å². The van der Waals surface area contributed by atoms with Gasteiger partial charge in [-0.25, -0.2) is 0 Å². The number of hydrogen-bond donors (Lipinski definition) is 1. The second-order valence-corrected chi connectivity index (χ2v) is 4.41. The molecule has 0 unspecified atom stereocenters. The van der Waals surface area contributed by atoms with Gasteiger partial charge in [-0.3, -0.25) is 4.98 Å². The molecule has 1 aromatic heterocycles. The number of pyridine rings is 1. The molecule has 0 amide bonds. The highest BCUT2D eigenvalue weighted by Crippen LogP contribution is 2.37. The number of halogens is 2. The molecule has 3 nitrogen and oxygen atoms in total. The topological polar surface area (TPSA) is 48.7 Å². The fourth-order valence-electron chi connectivity index (χ4n) is 1.77. The highest BCUT2D eigenvalue weighted by atomic mass is 35.5. The van der Waals surface area contributed by atoms with E-state index in [1.54, 1.807) is 13.1 Å². The van der Waals surface area contributed by atoms with Crippen LogP contribution in [0, 0.1) is 18.3 Å². The Kier molecular flexibility index (Phi) is 3.10. The summed E-state index contributed by atoms with van der Waals surface area (Å²) in [5, 5.41) is 13.8. The Morgan fingerprint density at radius 2 is 2.12 bits per heavy atom. The van der Waals surface area contributed by atoms with Gasteiger partial charge in [-0.05, 0) is 18.6 Å². The third kappa shape index (κ3) is 1.80. The van der Waals surface area contributed by atoms with Gasteiger partial charge < -0.3 is 5.32 Å². The number of hydrogen-bond acceptors (Lipinski definition) is 3. The van der Waals surface area contributed by atoms with Crippen molar-refractivity contribution in [2.75, 3.05) is 12.4 Å². The largest absolute Gasteiger partial charge is 0.386 e. The third-order valence-electron chi connectivity index (χ3n) is 2.58. The second-order valence-electron chi connectivity index (χ2n) is 3.62. The molecule has 0 bridgehead atoms. The van der Waals surface area contributed by atoms with E-state index in [4.69, 9.17) is 28.5 Å². The van der Waals surface area contributed by atoms with Gasteiger partial charge in [0.05, 0.1) is 26.8 Å². The molecule has 0 atom stereocenters. The molecular formula is C12H9Cl2N3. The minimum absolute atomic E-state index is 0.448. The monoisotopic (exact) mass is 265 g/mol. The second kappa shape index (κ2) is 4.40. The zero-order chi connectivity index (χ0) is 12.6. The van der Waals surface area contributed by atoms with Crippen molar-refractivity contribution in [3.05, 3.63) is 33.4 Å². The molecule has 5 heteroatoms. The van der Waals surface area contributed by atoms with Crippen LogP contribution in [0.3, 0.4) is 0 Å². The van der Waals surface area contributed by atoms with Crippen LogP contribution in [0.15, 0.2) is 12.3 Å². The number of rotatable bonds is 1. The molecule has 2 aromatic rings. The maximum atomic E-state index is 9.03. The maximum Gasteiger partial charge on any atom is 0.103 e. The first-order chi connectivity index (χ1) is 8.10. The zero-order valence-electron chi connectivity index (χ0n) is 9.31. The van der Waals surface area contributed by atoms with Gasteiger partial charge in [0.25, 0.3) is 0 Å². The van der Waals surface area contributed by atoms with E-state index >= 15 is 0 Å². The van der Waals surface area contributed by atoms with Crippen LogP contribution in [0.4, 0.5) is 5.69 Å². The molecule has 86 valence electrons. The van der Waals surface area contributed by atoms with E-state index in [9.17, 15) is 0 Å². The highest BCUT2D eigenvalue weighted by Gasteiger charge is 2.14. The summed E-state index contributed by atoms with van der Waals surface area (Å²) in [4.78, 5) is 4.18. The van der Waals surface area contributed by atoms with Crippen molar-refractivity contribution < 1.29 is 0 Å². The van der Waals surface area contributed by atoms with Crippen LogP contribution < -0.4 is 5.32 Å². The van der Waals surface area contributed by atoms with E-state index in [0.717, 1.165) is 5.56 Å². The molecule has 17 heavy (non-hydrogen) atoms. The van der Waals surface area contributed by atoms with Crippen molar-refractivity contribution >= 4 is 39.8 Å². The minimum atomic E-state index is 0.448. The van der Waals surface area contributed by atoms with E-state index in [1.165, 1.54) is 6.20 Å². The fourth-order valence-corrected chi connectivity index (χ4v) is 2.31. The summed E-state index contributed by atoms with van der Waals surface area (Å²) in [7, 11) is 1.74. The van der Waals surface area contributed by atoms with Crippen molar-refractivity contribution in [2.45, 2.75) is 6.92 Å². The van der Waals surface area contributed by atoms with Crippen molar-refractivity contribution in [3.8, 4) is 6.07 Å².